The van der Waals surface area contributed by atoms with Gasteiger partial charge in [0.25, 0.3) is 5.56 Å². The predicted molar refractivity (Wildman–Crippen MR) is 157 cm³/mol. The van der Waals surface area contributed by atoms with Gasteiger partial charge in [0, 0.05) is 36.2 Å². The Balaban J connectivity index is 1.38. The highest BCUT2D eigenvalue weighted by Gasteiger charge is 2.22. The molecule has 5 aromatic rings. The van der Waals surface area contributed by atoms with Gasteiger partial charge < -0.3 is 30.3 Å². The highest BCUT2D eigenvalue weighted by molar-refractivity contribution is 6.33. The van der Waals surface area contributed by atoms with Gasteiger partial charge in [0.1, 0.15) is 11.4 Å². The van der Waals surface area contributed by atoms with Crippen molar-refractivity contribution in [1.29, 1.82) is 0 Å². The van der Waals surface area contributed by atoms with Gasteiger partial charge >= 0.3 is 0 Å². The largest absolute Gasteiger partial charge is 0.387 e. The molecule has 5 N–H and O–H groups in total. The van der Waals surface area contributed by atoms with Crippen LogP contribution in [0, 0.1) is 12.3 Å². The lowest BCUT2D eigenvalue weighted by Gasteiger charge is -2.19. The highest BCUT2D eigenvalue weighted by Crippen LogP contribution is 2.30. The number of aromatic nitrogens is 5. The number of amides is 1. The molecule has 11 heteroatoms. The van der Waals surface area contributed by atoms with Crippen LogP contribution < -0.4 is 16.2 Å². The summed E-state index contributed by atoms with van der Waals surface area (Å²) in [6, 6.07) is 10.7. The van der Waals surface area contributed by atoms with Gasteiger partial charge in [-0.15, -0.1) is 0 Å². The van der Waals surface area contributed by atoms with E-state index in [1.54, 1.807) is 36.8 Å². The molecule has 3 aromatic heterocycles. The average Bonchev–Trinajstić information content (AvgIpc) is 3.58. The number of H-pyrrole nitrogens is 2. The third-order valence-electron chi connectivity index (χ3n) is 6.56. The molecule has 1 atom stereocenters. The van der Waals surface area contributed by atoms with Crippen molar-refractivity contribution in [2.75, 3.05) is 17.2 Å². The number of carbonyl (C=O) groups is 1. The maximum absolute atomic E-state index is 12.9. The number of benzene rings is 2. The number of aromatic amines is 2. The molecule has 0 saturated heterocycles. The van der Waals surface area contributed by atoms with Crippen LogP contribution in [-0.2, 0) is 4.79 Å². The lowest BCUT2D eigenvalue weighted by molar-refractivity contribution is -0.123. The zero-order chi connectivity index (χ0) is 28.6. The van der Waals surface area contributed by atoms with Crippen LogP contribution in [0.3, 0.4) is 0 Å². The topological polar surface area (TPSA) is 141 Å². The summed E-state index contributed by atoms with van der Waals surface area (Å²) < 4.78 is 1.90. The van der Waals surface area contributed by atoms with E-state index in [1.165, 1.54) is 6.20 Å². The minimum absolute atomic E-state index is 0.102. The second-order valence-electron chi connectivity index (χ2n) is 10.6. The van der Waals surface area contributed by atoms with E-state index in [0.717, 1.165) is 22.3 Å². The summed E-state index contributed by atoms with van der Waals surface area (Å²) in [7, 11) is 0. The summed E-state index contributed by atoms with van der Waals surface area (Å²) in [4.78, 5) is 40.1. The van der Waals surface area contributed by atoms with Crippen LogP contribution in [0.15, 0.2) is 66.1 Å². The first-order valence-corrected chi connectivity index (χ1v) is 13.1. The molecular weight excluding hydrogens is 530 g/mol. The molecule has 0 aliphatic heterocycles. The molecule has 1 unspecified atom stereocenters. The van der Waals surface area contributed by atoms with Gasteiger partial charge in [0.15, 0.2) is 0 Å². The molecule has 0 radical (unpaired) electrons. The number of aliphatic hydroxyl groups is 1. The summed E-state index contributed by atoms with van der Waals surface area (Å²) in [5.74, 6) is 0.242. The third kappa shape index (κ3) is 5.49. The van der Waals surface area contributed by atoms with Gasteiger partial charge in [-0.1, -0.05) is 38.4 Å². The molecule has 0 fully saturated rings. The van der Waals surface area contributed by atoms with E-state index in [2.05, 4.69) is 25.6 Å². The zero-order valence-electron chi connectivity index (χ0n) is 22.5. The number of aliphatic hydroxyl groups excluding tert-OH is 1. The van der Waals surface area contributed by atoms with Crippen LogP contribution >= 0.6 is 11.6 Å². The number of rotatable bonds is 7. The van der Waals surface area contributed by atoms with Crippen LogP contribution in [0.25, 0.3) is 28.1 Å². The van der Waals surface area contributed by atoms with Crippen molar-refractivity contribution in [2.45, 2.75) is 33.8 Å². The first kappa shape index (κ1) is 27.2. The number of aryl methyl sites for hydroxylation is 1. The van der Waals surface area contributed by atoms with Crippen molar-refractivity contribution in [3.05, 3.63) is 87.8 Å². The second-order valence-corrected chi connectivity index (χ2v) is 11.1. The number of anilines is 2. The molecule has 5 rings (SSSR count). The predicted octanol–water partition coefficient (Wildman–Crippen LogP) is 5.20. The Bertz CT molecular complexity index is 1750. The van der Waals surface area contributed by atoms with E-state index in [9.17, 15) is 14.7 Å². The molecule has 40 heavy (non-hydrogen) atoms. The molecule has 0 bridgehead atoms. The Morgan fingerprint density at radius 2 is 1.98 bits per heavy atom. The Hall–Kier alpha value is -4.41. The summed E-state index contributed by atoms with van der Waals surface area (Å²) in [5, 5.41) is 17.2. The van der Waals surface area contributed by atoms with Crippen molar-refractivity contribution in [3.8, 4) is 17.1 Å². The Labute approximate surface area is 235 Å². The fraction of sp³-hybridized carbons (Fsp3) is 0.241. The van der Waals surface area contributed by atoms with Crippen molar-refractivity contribution < 1.29 is 9.90 Å². The molecule has 3 heterocycles. The van der Waals surface area contributed by atoms with E-state index in [1.807, 2.05) is 50.6 Å². The molecule has 0 aliphatic rings. The molecule has 2 aromatic carbocycles. The summed E-state index contributed by atoms with van der Waals surface area (Å²) in [6.07, 6.45) is 5.88. The first-order chi connectivity index (χ1) is 19.0. The van der Waals surface area contributed by atoms with Gasteiger partial charge in [-0.25, -0.2) is 9.97 Å². The van der Waals surface area contributed by atoms with Crippen LogP contribution in [0.2, 0.25) is 5.02 Å². The Morgan fingerprint density at radius 3 is 2.67 bits per heavy atom. The Kier molecular flexibility index (Phi) is 7.22. The van der Waals surface area contributed by atoms with Gasteiger partial charge in [-0.3, -0.25) is 9.59 Å². The van der Waals surface area contributed by atoms with Crippen molar-refractivity contribution >= 4 is 39.9 Å². The van der Waals surface area contributed by atoms with Gasteiger partial charge in [0.05, 0.1) is 39.9 Å². The van der Waals surface area contributed by atoms with Crippen LogP contribution in [0.5, 0.6) is 0 Å². The maximum atomic E-state index is 12.9. The van der Waals surface area contributed by atoms with E-state index in [-0.39, 0.29) is 18.0 Å². The van der Waals surface area contributed by atoms with Gasteiger partial charge in [-0.05, 0) is 48.4 Å². The van der Waals surface area contributed by atoms with Crippen molar-refractivity contribution in [1.82, 2.24) is 24.5 Å². The number of nitrogens with zero attached hydrogens (tertiary/aromatic N) is 3. The molecule has 0 spiro atoms. The normalized spacial score (nSPS) is 12.4. The van der Waals surface area contributed by atoms with E-state index in [4.69, 9.17) is 16.6 Å². The lowest BCUT2D eigenvalue weighted by atomic mass is 9.95. The molecule has 206 valence electrons. The SMILES string of the molecule is Cc1cc(-n2ccnc2)cc2[nH]c(-c3c(NCC(O)c4ccc(NC(=O)C(C)(C)C)c(Cl)c4)cc[nH]c3=O)nc12. The number of imidazole rings is 2. The summed E-state index contributed by atoms with van der Waals surface area (Å²) in [5.41, 5.74) is 4.36. The Morgan fingerprint density at radius 1 is 1.18 bits per heavy atom. The standard InChI is InChI=1S/C29H30ClN7O3/c1-16-11-18(37-10-9-31-15-37)13-22-25(16)36-26(34-22)24-21(7-8-32-27(24)39)33-14-23(38)17-5-6-20(19(30)12-17)35-28(40)29(2,3)4/h5-13,15,23,38H,14H2,1-4H3,(H,34,36)(H,35,40)(H2,32,33,39). The number of carbonyl (C=O) groups excluding carboxylic acids is 1. The van der Waals surface area contributed by atoms with E-state index < -0.39 is 11.5 Å². The lowest BCUT2D eigenvalue weighted by Crippen LogP contribution is -2.27. The minimum Gasteiger partial charge on any atom is -0.387 e. The van der Waals surface area contributed by atoms with Gasteiger partial charge in [-0.2, -0.15) is 0 Å². The average molecular weight is 560 g/mol. The third-order valence-corrected chi connectivity index (χ3v) is 6.87. The number of pyridine rings is 1. The van der Waals surface area contributed by atoms with E-state index in [0.29, 0.717) is 33.3 Å². The summed E-state index contributed by atoms with van der Waals surface area (Å²) in [6.45, 7) is 7.50. The van der Waals surface area contributed by atoms with Crippen molar-refractivity contribution in [2.24, 2.45) is 5.41 Å². The van der Waals surface area contributed by atoms with Crippen LogP contribution in [0.1, 0.15) is 38.0 Å². The molecule has 10 nitrogen and oxygen atoms in total. The molecule has 1 amide bonds. The smallest absolute Gasteiger partial charge is 0.261 e. The fourth-order valence-electron chi connectivity index (χ4n) is 4.29. The maximum Gasteiger partial charge on any atom is 0.261 e. The first-order valence-electron chi connectivity index (χ1n) is 12.7. The van der Waals surface area contributed by atoms with Crippen molar-refractivity contribution in [3.63, 3.8) is 0 Å². The second kappa shape index (κ2) is 10.6. The van der Waals surface area contributed by atoms with Gasteiger partial charge in [0.2, 0.25) is 5.91 Å². The van der Waals surface area contributed by atoms with E-state index >= 15 is 0 Å². The number of hydrogen-bond acceptors (Lipinski definition) is 6. The zero-order valence-corrected chi connectivity index (χ0v) is 23.3. The fourth-order valence-corrected chi connectivity index (χ4v) is 4.52. The molecule has 0 aliphatic carbocycles. The quantitative estimate of drug-likeness (QED) is 0.186. The number of hydrogen-bond donors (Lipinski definition) is 5. The number of halogens is 1. The monoisotopic (exact) mass is 559 g/mol. The number of fused-ring (bicyclic) bond motifs is 1. The van der Waals surface area contributed by atoms with Crippen LogP contribution in [-0.4, -0.2) is 42.1 Å². The van der Waals surface area contributed by atoms with Crippen LogP contribution in [0.4, 0.5) is 11.4 Å². The molecular formula is C29H30ClN7O3. The highest BCUT2D eigenvalue weighted by atomic mass is 35.5. The molecule has 0 saturated carbocycles. The summed E-state index contributed by atoms with van der Waals surface area (Å²) >= 11 is 6.40. The minimum atomic E-state index is -0.937. The number of nitrogens with one attached hydrogen (secondary N) is 4.